The Morgan fingerprint density at radius 1 is 0.492 bits per heavy atom. The van der Waals surface area contributed by atoms with Crippen LogP contribution in [0, 0.1) is 0 Å². The molecule has 368 valence electrons. The number of unbranched alkanes of at least 4 members (excludes halogenated alkanes) is 27. The summed E-state index contributed by atoms with van der Waals surface area (Å²) in [6.45, 7) is 4.62. The zero-order valence-electron chi connectivity index (χ0n) is 41.7. The van der Waals surface area contributed by atoms with Gasteiger partial charge in [-0.15, -0.1) is 0 Å². The molecule has 2 unspecified atom stereocenters. The van der Waals surface area contributed by atoms with E-state index in [1.807, 2.05) is 21.1 Å². The summed E-state index contributed by atoms with van der Waals surface area (Å²) in [5, 5.41) is 11.7. The molecule has 0 fully saturated rings. The Balaban J connectivity index is 4.20. The fraction of sp³-hybridized carbons (Fsp3) is 0.833. The number of carbonyl (C=O) groups excluding carboxylic acids is 3. The molecule has 0 rings (SSSR count). The molecular weight excluding hydrogens is 791 g/mol. The van der Waals surface area contributed by atoms with E-state index in [0.717, 1.165) is 57.8 Å². The number of carbonyl (C=O) groups is 3. The molecule has 0 spiro atoms. The molecule has 9 heteroatoms. The van der Waals surface area contributed by atoms with Crippen molar-refractivity contribution in [3.63, 3.8) is 0 Å². The summed E-state index contributed by atoms with van der Waals surface area (Å²) in [5.74, 6) is -2.32. The first-order chi connectivity index (χ1) is 30.6. The minimum atomic E-state index is -1.63. The van der Waals surface area contributed by atoms with Crippen LogP contribution in [-0.4, -0.2) is 82.3 Å². The van der Waals surface area contributed by atoms with Crippen molar-refractivity contribution in [2.24, 2.45) is 0 Å². The second kappa shape index (κ2) is 46.1. The van der Waals surface area contributed by atoms with Crippen LogP contribution in [0.2, 0.25) is 0 Å². The number of nitrogens with zero attached hydrogens (tertiary/aromatic N) is 1. The van der Waals surface area contributed by atoms with Gasteiger partial charge < -0.3 is 33.3 Å². The van der Waals surface area contributed by atoms with Crippen molar-refractivity contribution in [1.29, 1.82) is 0 Å². The summed E-state index contributed by atoms with van der Waals surface area (Å²) < 4.78 is 22.6. The fourth-order valence-corrected chi connectivity index (χ4v) is 7.37. The maximum atomic E-state index is 12.7. The lowest BCUT2D eigenvalue weighted by atomic mass is 10.0. The van der Waals surface area contributed by atoms with E-state index in [-0.39, 0.29) is 38.6 Å². The molecule has 0 N–H and O–H groups in total. The monoisotopic (exact) mass is 890 g/mol. The van der Waals surface area contributed by atoms with Crippen LogP contribution in [0.1, 0.15) is 232 Å². The number of ether oxygens (including phenoxy) is 4. The van der Waals surface area contributed by atoms with E-state index < -0.39 is 24.3 Å². The van der Waals surface area contributed by atoms with Crippen molar-refractivity contribution in [1.82, 2.24) is 0 Å². The second-order valence-corrected chi connectivity index (χ2v) is 18.8. The number of esters is 2. The third-order valence-corrected chi connectivity index (χ3v) is 11.4. The van der Waals surface area contributed by atoms with Crippen molar-refractivity contribution >= 4 is 17.9 Å². The first kappa shape index (κ1) is 60.5. The highest BCUT2D eigenvalue weighted by Crippen LogP contribution is 2.17. The second-order valence-electron chi connectivity index (χ2n) is 18.8. The summed E-state index contributed by atoms with van der Waals surface area (Å²) in [6.07, 6.45) is 50.6. The molecule has 0 aliphatic carbocycles. The van der Waals surface area contributed by atoms with E-state index in [1.54, 1.807) is 0 Å². The van der Waals surface area contributed by atoms with Gasteiger partial charge in [0.05, 0.1) is 40.3 Å². The average molecular weight is 890 g/mol. The van der Waals surface area contributed by atoms with Crippen LogP contribution in [0.15, 0.2) is 36.5 Å². The van der Waals surface area contributed by atoms with Crippen LogP contribution in [0.5, 0.6) is 0 Å². The Hall–Kier alpha value is -2.49. The van der Waals surface area contributed by atoms with Gasteiger partial charge in [-0.2, -0.15) is 0 Å². The van der Waals surface area contributed by atoms with E-state index in [9.17, 15) is 19.5 Å². The minimum absolute atomic E-state index is 0.143. The molecule has 0 radical (unpaired) electrons. The highest BCUT2D eigenvalue weighted by molar-refractivity contribution is 5.70. The van der Waals surface area contributed by atoms with Crippen LogP contribution in [0.4, 0.5) is 0 Å². The van der Waals surface area contributed by atoms with Gasteiger partial charge in [-0.3, -0.25) is 9.59 Å². The zero-order valence-corrected chi connectivity index (χ0v) is 41.7. The molecule has 0 saturated carbocycles. The van der Waals surface area contributed by atoms with Crippen molar-refractivity contribution in [2.45, 2.75) is 245 Å². The molecule has 0 heterocycles. The van der Waals surface area contributed by atoms with Gasteiger partial charge in [-0.25, -0.2) is 0 Å². The number of carboxylic acid groups (broad SMARTS) is 1. The molecule has 0 aliphatic rings. The lowest BCUT2D eigenvalue weighted by Gasteiger charge is -2.26. The predicted octanol–water partition coefficient (Wildman–Crippen LogP) is 13.2. The van der Waals surface area contributed by atoms with Gasteiger partial charge in [0.2, 0.25) is 0 Å². The van der Waals surface area contributed by atoms with E-state index in [1.165, 1.54) is 141 Å². The topological polar surface area (TPSA) is 111 Å². The molecule has 63 heavy (non-hydrogen) atoms. The van der Waals surface area contributed by atoms with Gasteiger partial charge in [0.1, 0.15) is 13.2 Å². The van der Waals surface area contributed by atoms with Crippen molar-refractivity contribution in [3.05, 3.63) is 36.5 Å². The number of hydrogen-bond acceptors (Lipinski definition) is 8. The van der Waals surface area contributed by atoms with E-state index in [0.29, 0.717) is 17.4 Å². The number of allylic oxidation sites excluding steroid dienone is 6. The molecule has 0 bridgehead atoms. The molecule has 0 amide bonds. The third-order valence-electron chi connectivity index (χ3n) is 11.4. The van der Waals surface area contributed by atoms with Gasteiger partial charge in [0.25, 0.3) is 0 Å². The largest absolute Gasteiger partial charge is 0.545 e. The lowest BCUT2D eigenvalue weighted by Crippen LogP contribution is -2.44. The van der Waals surface area contributed by atoms with Crippen molar-refractivity contribution in [2.75, 3.05) is 47.5 Å². The molecule has 0 aromatic heterocycles. The fourth-order valence-electron chi connectivity index (χ4n) is 7.37. The maximum Gasteiger partial charge on any atom is 0.306 e. The molecular formula is C54H99NO8. The van der Waals surface area contributed by atoms with Gasteiger partial charge in [0, 0.05) is 12.8 Å². The average Bonchev–Trinajstić information content (AvgIpc) is 3.24. The third kappa shape index (κ3) is 47.3. The van der Waals surface area contributed by atoms with Gasteiger partial charge in [-0.05, 0) is 44.9 Å². The Morgan fingerprint density at radius 3 is 1.35 bits per heavy atom. The molecule has 0 saturated heterocycles. The van der Waals surface area contributed by atoms with Crippen LogP contribution in [0.25, 0.3) is 0 Å². The van der Waals surface area contributed by atoms with Crippen LogP contribution >= 0.6 is 0 Å². The van der Waals surface area contributed by atoms with Gasteiger partial charge >= 0.3 is 11.9 Å². The standard InChI is InChI=1S/C54H99NO8/c1-6-8-10-12-14-16-18-20-21-22-23-24-25-26-27-28-29-30-31-33-34-36-38-40-42-44-51(56)61-48-50(49-62-54(53(58)59)60-47-46-55(3,4)5)63-52(57)45-43-41-39-37-35-32-19-17-15-13-11-9-7-2/h9,11,15,17,32,35,50,54H,6-8,10,12-14,16,18-31,33-34,36-49H2,1-5H3/b11-9-,17-15-,35-32-. The first-order valence-electron chi connectivity index (χ1n) is 26.1. The number of rotatable bonds is 48. The Labute approximate surface area is 388 Å². The Morgan fingerprint density at radius 2 is 0.905 bits per heavy atom. The summed E-state index contributed by atoms with van der Waals surface area (Å²) >= 11 is 0. The van der Waals surface area contributed by atoms with Crippen LogP contribution < -0.4 is 5.11 Å². The smallest absolute Gasteiger partial charge is 0.306 e. The summed E-state index contributed by atoms with van der Waals surface area (Å²) in [5.41, 5.74) is 0. The predicted molar refractivity (Wildman–Crippen MR) is 260 cm³/mol. The van der Waals surface area contributed by atoms with Crippen molar-refractivity contribution < 1.29 is 42.9 Å². The zero-order chi connectivity index (χ0) is 46.3. The minimum Gasteiger partial charge on any atom is -0.545 e. The van der Waals surface area contributed by atoms with E-state index >= 15 is 0 Å². The molecule has 0 aromatic carbocycles. The first-order valence-corrected chi connectivity index (χ1v) is 26.1. The number of aliphatic carboxylic acids is 1. The lowest BCUT2D eigenvalue weighted by molar-refractivity contribution is -0.870. The number of likely N-dealkylation sites (N-methyl/N-ethyl adjacent to an activating group) is 1. The maximum absolute atomic E-state index is 12.7. The van der Waals surface area contributed by atoms with Crippen molar-refractivity contribution in [3.8, 4) is 0 Å². The van der Waals surface area contributed by atoms with Crippen LogP contribution in [0.3, 0.4) is 0 Å². The van der Waals surface area contributed by atoms with Gasteiger partial charge in [-0.1, -0.05) is 211 Å². The molecule has 0 aromatic rings. The summed E-state index contributed by atoms with van der Waals surface area (Å²) in [7, 11) is 5.90. The Kier molecular flexibility index (Phi) is 44.2. The SMILES string of the molecule is CC/C=C\C/C=C\C/C=C\CCCCCC(=O)OC(COC(=O)CCCCCCCCCCCCCCCCCCCCCCCCCCC)COC(OCC[N+](C)(C)C)C(=O)[O-]. The molecule has 2 atom stereocenters. The number of hydrogen-bond donors (Lipinski definition) is 0. The quantitative estimate of drug-likeness (QED) is 0.0195. The Bertz CT molecular complexity index is 1130. The number of quaternary nitrogens is 1. The molecule has 0 aliphatic heterocycles. The highest BCUT2D eigenvalue weighted by Gasteiger charge is 2.22. The van der Waals surface area contributed by atoms with E-state index in [4.69, 9.17) is 18.9 Å². The van der Waals surface area contributed by atoms with Crippen LogP contribution in [-0.2, 0) is 33.3 Å². The number of carboxylic acids is 1. The highest BCUT2D eigenvalue weighted by atomic mass is 16.7. The van der Waals surface area contributed by atoms with E-state index in [2.05, 4.69) is 50.3 Å². The normalized spacial score (nSPS) is 13.1. The summed E-state index contributed by atoms with van der Waals surface area (Å²) in [6, 6.07) is 0. The summed E-state index contributed by atoms with van der Waals surface area (Å²) in [4.78, 5) is 37.1. The molecule has 9 nitrogen and oxygen atoms in total. The van der Waals surface area contributed by atoms with Gasteiger partial charge in [0.15, 0.2) is 12.4 Å².